The standard InChI is InChI=1S/C24H14N4O10S2/c29-25(30)15-1-11-23(21(13-15)27(33)34)37-17-3-7-19(8-4-17)39-40-20-9-5-18(6-10-20)38-24-12-2-16(26(31)32)14-22(24)28(35)36/h1-14H. The van der Waals surface area contributed by atoms with Crippen LogP contribution in [-0.4, -0.2) is 19.7 Å². The second-order valence-corrected chi connectivity index (χ2v) is 9.92. The third kappa shape index (κ3) is 6.80. The van der Waals surface area contributed by atoms with Crippen molar-refractivity contribution in [2.45, 2.75) is 9.79 Å². The molecule has 0 heterocycles. The molecule has 0 unspecified atom stereocenters. The Morgan fingerprint density at radius 3 is 1.12 bits per heavy atom. The van der Waals surface area contributed by atoms with Gasteiger partial charge in [0.1, 0.15) is 11.5 Å². The molecule has 4 rings (SSSR count). The monoisotopic (exact) mass is 582 g/mol. The Bertz CT molecular complexity index is 1490. The number of benzene rings is 4. The molecular weight excluding hydrogens is 568 g/mol. The first-order valence-corrected chi connectivity index (χ1v) is 13.0. The van der Waals surface area contributed by atoms with E-state index in [0.717, 1.165) is 34.1 Å². The van der Waals surface area contributed by atoms with Crippen molar-refractivity contribution in [2.24, 2.45) is 0 Å². The van der Waals surface area contributed by atoms with Gasteiger partial charge in [0.2, 0.25) is 11.5 Å². The number of nitro benzene ring substituents is 4. The zero-order valence-corrected chi connectivity index (χ0v) is 21.4. The first-order valence-electron chi connectivity index (χ1n) is 10.9. The van der Waals surface area contributed by atoms with Crippen LogP contribution in [0.4, 0.5) is 22.7 Å². The van der Waals surface area contributed by atoms with Gasteiger partial charge in [0.15, 0.2) is 0 Å². The van der Waals surface area contributed by atoms with Crippen molar-refractivity contribution in [2.75, 3.05) is 0 Å². The minimum Gasteiger partial charge on any atom is -0.450 e. The number of hydrogen-bond acceptors (Lipinski definition) is 12. The molecule has 14 nitrogen and oxygen atoms in total. The molecule has 0 bridgehead atoms. The summed E-state index contributed by atoms with van der Waals surface area (Å²) in [4.78, 5) is 43.0. The van der Waals surface area contributed by atoms with E-state index in [1.165, 1.54) is 33.7 Å². The van der Waals surface area contributed by atoms with Gasteiger partial charge in [-0.3, -0.25) is 40.5 Å². The molecule has 0 aromatic heterocycles. The van der Waals surface area contributed by atoms with Gasteiger partial charge < -0.3 is 9.47 Å². The second-order valence-electron chi connectivity index (χ2n) is 7.65. The Kier molecular flexibility index (Phi) is 8.41. The van der Waals surface area contributed by atoms with Crippen molar-refractivity contribution >= 4 is 44.3 Å². The molecule has 4 aromatic rings. The molecule has 0 saturated carbocycles. The molecule has 0 N–H and O–H groups in total. The number of nitrogens with zero attached hydrogens (tertiary/aromatic N) is 4. The van der Waals surface area contributed by atoms with E-state index >= 15 is 0 Å². The highest BCUT2D eigenvalue weighted by atomic mass is 33.1. The highest BCUT2D eigenvalue weighted by Gasteiger charge is 2.22. The largest absolute Gasteiger partial charge is 0.450 e. The van der Waals surface area contributed by atoms with Gasteiger partial charge in [0, 0.05) is 21.9 Å². The molecular formula is C24H14N4O10S2. The van der Waals surface area contributed by atoms with Crippen molar-refractivity contribution in [3.05, 3.63) is 125 Å². The van der Waals surface area contributed by atoms with Crippen LogP contribution in [0.3, 0.4) is 0 Å². The smallest absolute Gasteiger partial charge is 0.318 e. The van der Waals surface area contributed by atoms with Crippen LogP contribution in [0.5, 0.6) is 23.0 Å². The fourth-order valence-corrected chi connectivity index (χ4v) is 5.10. The molecule has 4 aromatic carbocycles. The van der Waals surface area contributed by atoms with Gasteiger partial charge in [-0.15, -0.1) is 0 Å². The summed E-state index contributed by atoms with van der Waals surface area (Å²) in [6, 6.07) is 19.6. The molecule has 0 atom stereocenters. The Balaban J connectivity index is 1.37. The first kappa shape index (κ1) is 27.8. The van der Waals surface area contributed by atoms with Gasteiger partial charge in [-0.2, -0.15) is 0 Å². The van der Waals surface area contributed by atoms with E-state index in [4.69, 9.17) is 9.47 Å². The van der Waals surface area contributed by atoms with Gasteiger partial charge in [0.25, 0.3) is 11.4 Å². The minimum absolute atomic E-state index is 0.133. The summed E-state index contributed by atoms with van der Waals surface area (Å²) < 4.78 is 11.1. The second kappa shape index (κ2) is 12.1. The number of nitro groups is 4. The molecule has 0 saturated heterocycles. The van der Waals surface area contributed by atoms with Crippen LogP contribution in [-0.2, 0) is 0 Å². The predicted molar refractivity (Wildman–Crippen MR) is 144 cm³/mol. The molecule has 0 fully saturated rings. The van der Waals surface area contributed by atoms with E-state index in [1.807, 2.05) is 0 Å². The molecule has 40 heavy (non-hydrogen) atoms. The molecule has 202 valence electrons. The summed E-state index contributed by atoms with van der Waals surface area (Å²) >= 11 is 0. The van der Waals surface area contributed by atoms with Gasteiger partial charge >= 0.3 is 11.4 Å². The fourth-order valence-electron chi connectivity index (χ4n) is 3.17. The van der Waals surface area contributed by atoms with Crippen molar-refractivity contribution in [1.29, 1.82) is 0 Å². The zero-order valence-electron chi connectivity index (χ0n) is 19.8. The van der Waals surface area contributed by atoms with Crippen molar-refractivity contribution in [1.82, 2.24) is 0 Å². The maximum absolute atomic E-state index is 11.3. The number of hydrogen-bond donors (Lipinski definition) is 0. The topological polar surface area (TPSA) is 191 Å². The lowest BCUT2D eigenvalue weighted by Crippen LogP contribution is -1.96. The maximum Gasteiger partial charge on any atom is 0.318 e. The normalized spacial score (nSPS) is 10.5. The zero-order chi connectivity index (χ0) is 28.8. The summed E-state index contributed by atoms with van der Waals surface area (Å²) in [6.07, 6.45) is 0. The Morgan fingerprint density at radius 2 is 0.825 bits per heavy atom. The number of ether oxygens (including phenoxy) is 2. The Morgan fingerprint density at radius 1 is 0.475 bits per heavy atom. The molecule has 0 amide bonds. The average molecular weight is 583 g/mol. The third-order valence-corrected chi connectivity index (χ3v) is 7.45. The van der Waals surface area contributed by atoms with Crippen LogP contribution in [0.25, 0.3) is 0 Å². The molecule has 0 aliphatic carbocycles. The molecule has 16 heteroatoms. The van der Waals surface area contributed by atoms with Gasteiger partial charge in [-0.25, -0.2) is 0 Å². The highest BCUT2D eigenvalue weighted by molar-refractivity contribution is 8.76. The molecule has 0 aliphatic heterocycles. The maximum atomic E-state index is 11.3. The van der Waals surface area contributed by atoms with Crippen LogP contribution in [0, 0.1) is 40.5 Å². The van der Waals surface area contributed by atoms with Crippen LogP contribution in [0.15, 0.2) is 94.7 Å². The minimum atomic E-state index is -0.757. The van der Waals surface area contributed by atoms with Gasteiger partial charge in [-0.05, 0) is 60.7 Å². The van der Waals surface area contributed by atoms with Crippen LogP contribution in [0.2, 0.25) is 0 Å². The molecule has 0 radical (unpaired) electrons. The van der Waals surface area contributed by atoms with Gasteiger partial charge in [-0.1, -0.05) is 21.6 Å². The van der Waals surface area contributed by atoms with E-state index < -0.39 is 42.4 Å². The predicted octanol–water partition coefficient (Wildman–Crippen LogP) is 7.70. The van der Waals surface area contributed by atoms with Crippen LogP contribution >= 0.6 is 21.6 Å². The summed E-state index contributed by atoms with van der Waals surface area (Å²) in [7, 11) is 2.81. The number of rotatable bonds is 11. The lowest BCUT2D eigenvalue weighted by atomic mass is 10.2. The fraction of sp³-hybridized carbons (Fsp3) is 0. The molecule has 0 aliphatic rings. The summed E-state index contributed by atoms with van der Waals surface area (Å²) in [6.45, 7) is 0. The summed E-state index contributed by atoms with van der Waals surface area (Å²) in [5.74, 6) is 0.333. The summed E-state index contributed by atoms with van der Waals surface area (Å²) in [5, 5.41) is 44.4. The molecule has 0 spiro atoms. The summed E-state index contributed by atoms with van der Waals surface area (Å²) in [5.41, 5.74) is -1.90. The van der Waals surface area contributed by atoms with E-state index in [2.05, 4.69) is 0 Å². The van der Waals surface area contributed by atoms with Crippen molar-refractivity contribution in [3.63, 3.8) is 0 Å². The lowest BCUT2D eigenvalue weighted by molar-refractivity contribution is -0.394. The Hall–Kier alpha value is -5.22. The van der Waals surface area contributed by atoms with Gasteiger partial charge in [0.05, 0.1) is 31.8 Å². The van der Waals surface area contributed by atoms with E-state index in [-0.39, 0.29) is 11.5 Å². The number of non-ortho nitro benzene ring substituents is 2. The van der Waals surface area contributed by atoms with E-state index in [9.17, 15) is 40.5 Å². The average Bonchev–Trinajstić information content (AvgIpc) is 2.93. The van der Waals surface area contributed by atoms with Crippen LogP contribution < -0.4 is 9.47 Å². The third-order valence-electron chi connectivity index (χ3n) is 5.04. The van der Waals surface area contributed by atoms with Crippen LogP contribution in [0.1, 0.15) is 0 Å². The highest BCUT2D eigenvalue weighted by Crippen LogP contribution is 2.40. The quantitative estimate of drug-likeness (QED) is 0.0951. The van der Waals surface area contributed by atoms with E-state index in [1.54, 1.807) is 48.5 Å². The van der Waals surface area contributed by atoms with Crippen molar-refractivity contribution < 1.29 is 29.2 Å². The van der Waals surface area contributed by atoms with E-state index in [0.29, 0.717) is 11.5 Å². The first-order chi connectivity index (χ1) is 19.1. The SMILES string of the molecule is O=[N+]([O-])c1ccc(Oc2ccc(SSc3ccc(Oc4ccc([N+](=O)[O-])cc4[N+](=O)[O-])cc3)cc2)c([N+](=O)[O-])c1. The lowest BCUT2D eigenvalue weighted by Gasteiger charge is -2.08. The van der Waals surface area contributed by atoms with Crippen molar-refractivity contribution in [3.8, 4) is 23.0 Å². The Labute approximate surface area is 231 Å².